The predicted octanol–water partition coefficient (Wildman–Crippen LogP) is 6.38. The number of rotatable bonds is 5. The van der Waals surface area contributed by atoms with Crippen LogP contribution in [0, 0.1) is 0 Å². The summed E-state index contributed by atoms with van der Waals surface area (Å²) in [5.41, 5.74) is 4.24. The van der Waals surface area contributed by atoms with Crippen molar-refractivity contribution in [2.24, 2.45) is 0 Å². The van der Waals surface area contributed by atoms with E-state index in [1.807, 2.05) is 54.1 Å². The molecule has 1 aliphatic heterocycles. The van der Waals surface area contributed by atoms with Gasteiger partial charge in [0, 0.05) is 42.1 Å². The van der Waals surface area contributed by atoms with Crippen LogP contribution in [0.15, 0.2) is 60.9 Å². The van der Waals surface area contributed by atoms with Crippen LogP contribution < -0.4 is 4.74 Å². The SMILES string of the molecule is CCC(=O)Cc1ccc2c(c1)OCCc1cc(-c3nccn3-c3ccccc3Cl)sc1-2. The van der Waals surface area contributed by atoms with Gasteiger partial charge in [-0.25, -0.2) is 4.98 Å². The Bertz CT molecular complexity index is 1270. The number of ketones is 1. The van der Waals surface area contributed by atoms with Crippen molar-refractivity contribution in [1.82, 2.24) is 9.55 Å². The van der Waals surface area contributed by atoms with Crippen LogP contribution in [0.1, 0.15) is 24.5 Å². The zero-order valence-electron chi connectivity index (χ0n) is 17.1. The Kier molecular flexibility index (Phi) is 5.38. The Labute approximate surface area is 190 Å². The molecular formula is C25H21ClN2O2S. The van der Waals surface area contributed by atoms with Crippen LogP contribution in [0.4, 0.5) is 0 Å². The number of imidazole rings is 1. The van der Waals surface area contributed by atoms with E-state index in [-0.39, 0.29) is 5.78 Å². The number of carbonyl (C=O) groups is 1. The molecule has 4 nitrogen and oxygen atoms in total. The highest BCUT2D eigenvalue weighted by Gasteiger charge is 2.22. The number of hydrogen-bond donors (Lipinski definition) is 0. The maximum absolute atomic E-state index is 11.9. The zero-order valence-corrected chi connectivity index (χ0v) is 18.7. The van der Waals surface area contributed by atoms with Crippen LogP contribution in [0.3, 0.4) is 0 Å². The number of fused-ring (bicyclic) bond motifs is 3. The molecule has 0 unspecified atom stereocenters. The summed E-state index contributed by atoms with van der Waals surface area (Å²) in [5, 5.41) is 0.688. The molecule has 0 bridgehead atoms. The van der Waals surface area contributed by atoms with E-state index < -0.39 is 0 Å². The van der Waals surface area contributed by atoms with Crippen LogP contribution in [-0.2, 0) is 17.6 Å². The molecule has 31 heavy (non-hydrogen) atoms. The molecule has 0 saturated heterocycles. The van der Waals surface area contributed by atoms with Gasteiger partial charge in [-0.2, -0.15) is 0 Å². The van der Waals surface area contributed by atoms with E-state index >= 15 is 0 Å². The third-order valence-electron chi connectivity index (χ3n) is 5.50. The Morgan fingerprint density at radius 1 is 1.23 bits per heavy atom. The quantitative estimate of drug-likeness (QED) is 0.356. The average molecular weight is 449 g/mol. The third kappa shape index (κ3) is 3.80. The summed E-state index contributed by atoms with van der Waals surface area (Å²) >= 11 is 8.15. The second kappa shape index (κ2) is 8.33. The van der Waals surface area contributed by atoms with Gasteiger partial charge in [0.1, 0.15) is 11.5 Å². The van der Waals surface area contributed by atoms with Crippen molar-refractivity contribution in [1.29, 1.82) is 0 Å². The molecule has 3 heterocycles. The van der Waals surface area contributed by atoms with Gasteiger partial charge in [-0.3, -0.25) is 9.36 Å². The largest absolute Gasteiger partial charge is 0.493 e. The number of halogens is 1. The van der Waals surface area contributed by atoms with E-state index in [0.29, 0.717) is 24.5 Å². The summed E-state index contributed by atoms with van der Waals surface area (Å²) in [6.07, 6.45) is 5.57. The first-order valence-electron chi connectivity index (χ1n) is 10.3. The molecule has 156 valence electrons. The van der Waals surface area contributed by atoms with Gasteiger partial charge in [-0.1, -0.05) is 36.7 Å². The fourth-order valence-corrected chi connectivity index (χ4v) is 5.35. The number of carbonyl (C=O) groups excluding carboxylic acids is 1. The molecule has 5 rings (SSSR count). The molecule has 0 saturated carbocycles. The lowest BCUT2D eigenvalue weighted by atomic mass is 10.0. The lowest BCUT2D eigenvalue weighted by molar-refractivity contribution is -0.118. The van der Waals surface area contributed by atoms with Crippen LogP contribution in [0.5, 0.6) is 5.75 Å². The molecule has 4 aromatic rings. The highest BCUT2D eigenvalue weighted by Crippen LogP contribution is 2.44. The third-order valence-corrected chi connectivity index (χ3v) is 7.02. The maximum atomic E-state index is 11.9. The normalized spacial score (nSPS) is 12.6. The molecule has 0 amide bonds. The van der Waals surface area contributed by atoms with Crippen molar-refractivity contribution >= 4 is 28.7 Å². The summed E-state index contributed by atoms with van der Waals surface area (Å²) in [6, 6.07) is 16.1. The number of ether oxygens (including phenoxy) is 1. The standard InChI is InChI=1S/C25H21ClN2O2S/c1-2-18(29)13-16-7-8-19-22(14-16)30-12-9-17-15-23(31-24(17)19)25-27-10-11-28(25)21-6-4-3-5-20(21)26/h3-8,10-11,14-15H,2,9,12-13H2,1H3. The van der Waals surface area contributed by atoms with Crippen molar-refractivity contribution < 1.29 is 9.53 Å². The van der Waals surface area contributed by atoms with E-state index in [0.717, 1.165) is 39.7 Å². The van der Waals surface area contributed by atoms with Gasteiger partial charge < -0.3 is 4.74 Å². The number of para-hydroxylation sites is 1. The minimum atomic E-state index is 0.235. The molecule has 0 fully saturated rings. The van der Waals surface area contributed by atoms with Gasteiger partial charge >= 0.3 is 0 Å². The number of aromatic nitrogens is 2. The minimum absolute atomic E-state index is 0.235. The molecule has 0 spiro atoms. The number of nitrogens with zero attached hydrogens (tertiary/aromatic N) is 2. The Morgan fingerprint density at radius 3 is 2.94 bits per heavy atom. The first-order valence-corrected chi connectivity index (χ1v) is 11.5. The van der Waals surface area contributed by atoms with E-state index in [2.05, 4.69) is 17.1 Å². The topological polar surface area (TPSA) is 44.1 Å². The molecule has 2 aromatic carbocycles. The fraction of sp³-hybridized carbons (Fsp3) is 0.200. The average Bonchev–Trinajstić information content (AvgIpc) is 3.38. The van der Waals surface area contributed by atoms with E-state index in [1.165, 1.54) is 10.4 Å². The van der Waals surface area contributed by atoms with Crippen molar-refractivity contribution in [3.63, 3.8) is 0 Å². The van der Waals surface area contributed by atoms with Gasteiger partial charge in [0.05, 0.1) is 22.2 Å². The summed E-state index contributed by atoms with van der Waals surface area (Å²) < 4.78 is 8.07. The minimum Gasteiger partial charge on any atom is -0.493 e. The molecule has 0 N–H and O–H groups in total. The molecular weight excluding hydrogens is 428 g/mol. The van der Waals surface area contributed by atoms with Crippen molar-refractivity contribution in [2.45, 2.75) is 26.2 Å². The van der Waals surface area contributed by atoms with Gasteiger partial charge in [-0.15, -0.1) is 11.3 Å². The van der Waals surface area contributed by atoms with Gasteiger partial charge in [-0.05, 0) is 41.5 Å². The van der Waals surface area contributed by atoms with E-state index in [1.54, 1.807) is 17.5 Å². The monoisotopic (exact) mass is 448 g/mol. The van der Waals surface area contributed by atoms with Gasteiger partial charge in [0.2, 0.25) is 0 Å². The Hall–Kier alpha value is -2.89. The molecule has 2 aromatic heterocycles. The van der Waals surface area contributed by atoms with Crippen LogP contribution in [0.2, 0.25) is 5.02 Å². The Morgan fingerprint density at radius 2 is 2.10 bits per heavy atom. The van der Waals surface area contributed by atoms with Crippen LogP contribution in [-0.4, -0.2) is 21.9 Å². The highest BCUT2D eigenvalue weighted by molar-refractivity contribution is 7.19. The molecule has 0 atom stereocenters. The summed E-state index contributed by atoms with van der Waals surface area (Å²) in [5.74, 6) is 1.96. The van der Waals surface area contributed by atoms with E-state index in [9.17, 15) is 4.79 Å². The first kappa shape index (κ1) is 20.0. The number of Topliss-reactive ketones (excluding diaryl/α,β-unsaturated/α-hetero) is 1. The second-order valence-corrected chi connectivity index (χ2v) is 8.99. The number of thiophene rings is 1. The van der Waals surface area contributed by atoms with Crippen molar-refractivity contribution in [3.05, 3.63) is 77.1 Å². The molecule has 0 radical (unpaired) electrons. The summed E-state index contributed by atoms with van der Waals surface area (Å²) in [4.78, 5) is 18.8. The highest BCUT2D eigenvalue weighted by atomic mass is 35.5. The first-order chi connectivity index (χ1) is 15.1. The number of hydrogen-bond acceptors (Lipinski definition) is 4. The summed E-state index contributed by atoms with van der Waals surface area (Å²) in [7, 11) is 0. The molecule has 0 aliphatic carbocycles. The number of benzene rings is 2. The van der Waals surface area contributed by atoms with Crippen molar-refractivity contribution in [3.8, 4) is 32.6 Å². The molecule has 6 heteroatoms. The van der Waals surface area contributed by atoms with Crippen LogP contribution in [0.25, 0.3) is 26.8 Å². The van der Waals surface area contributed by atoms with Gasteiger partial charge in [0.15, 0.2) is 5.82 Å². The fourth-order valence-electron chi connectivity index (χ4n) is 3.89. The van der Waals surface area contributed by atoms with Crippen LogP contribution >= 0.6 is 22.9 Å². The zero-order chi connectivity index (χ0) is 21.4. The van der Waals surface area contributed by atoms with Crippen molar-refractivity contribution in [2.75, 3.05) is 6.61 Å². The lowest BCUT2D eigenvalue weighted by Crippen LogP contribution is -2.02. The van der Waals surface area contributed by atoms with Gasteiger partial charge in [0.25, 0.3) is 0 Å². The van der Waals surface area contributed by atoms with E-state index in [4.69, 9.17) is 16.3 Å². The summed E-state index contributed by atoms with van der Waals surface area (Å²) in [6.45, 7) is 2.51. The molecule has 1 aliphatic rings. The second-order valence-electron chi connectivity index (χ2n) is 7.54. The maximum Gasteiger partial charge on any atom is 0.154 e. The lowest BCUT2D eigenvalue weighted by Gasteiger charge is -2.10. The predicted molar refractivity (Wildman–Crippen MR) is 126 cm³/mol. The smallest absolute Gasteiger partial charge is 0.154 e. The Balaban J connectivity index is 1.56.